The first-order valence-electron chi connectivity index (χ1n) is 30.3. The van der Waals surface area contributed by atoms with Crippen molar-refractivity contribution in [1.82, 2.24) is 40.0 Å². The standard InChI is InChI=1S/C19H27N5O4.C10H10ClN3O2.C9H18N2O2.C9H14N2O2.C4H8N2/c1-24(18(25)14-6-4-9-28-14)8-5-7-21-19-22-13-11-16(27-3)15(26-2)10-12(13)17(20)23-19;1-15-7-3-5-6(4-8(7)16-2)13-10(11)14-9(5)12;2*1-11(6-3-5-10)9(12)8-4-2-7-13-8;1-6-4-2-3-5/h10-11,14H,4-9H2,1-3H3,(H3,20,21,22,23);3-4H,1-2H3,(H2,12,13,14);8H,2-7,10H2,1H3;8H,2-4,6-7H2,1H3;6H,2,4H2,1H3/i2D3,3D3;1D3,2D3;;;. The second-order valence-electron chi connectivity index (χ2n) is 17.0. The molecule has 3 amide bonds. The van der Waals surface area contributed by atoms with E-state index in [2.05, 4.69) is 30.6 Å². The molecule has 0 bridgehead atoms. The highest BCUT2D eigenvalue weighted by atomic mass is 35.5. The van der Waals surface area contributed by atoms with Gasteiger partial charge >= 0.3 is 0 Å². The molecule has 0 aliphatic carbocycles. The van der Waals surface area contributed by atoms with Crippen LogP contribution in [0.2, 0.25) is 5.28 Å². The van der Waals surface area contributed by atoms with Crippen molar-refractivity contribution in [2.75, 3.05) is 132 Å². The lowest BCUT2D eigenvalue weighted by molar-refractivity contribution is -0.140. The minimum atomic E-state index is -2.84. The predicted octanol–water partition coefficient (Wildman–Crippen LogP) is 4.18. The van der Waals surface area contributed by atoms with Crippen LogP contribution in [0.4, 0.5) is 17.6 Å². The number of rotatable bonds is 19. The molecule has 3 aliphatic rings. The number of aromatic nitrogens is 4. The molecule has 3 saturated heterocycles. The van der Waals surface area contributed by atoms with E-state index >= 15 is 0 Å². The number of benzene rings is 2. The lowest BCUT2D eigenvalue weighted by Gasteiger charge is -2.20. The normalized spacial score (nSPS) is 19.1. The molecule has 5 heterocycles. The highest BCUT2D eigenvalue weighted by molar-refractivity contribution is 6.28. The Kier molecular flexibility index (Phi) is 21.2. The van der Waals surface area contributed by atoms with Crippen LogP contribution < -0.4 is 46.8 Å². The monoisotopic (exact) mass is 1090 g/mol. The molecule has 76 heavy (non-hydrogen) atoms. The number of nitrogen functional groups attached to an aromatic ring is 2. The molecule has 0 saturated carbocycles. The molecule has 2 aromatic heterocycles. The molecular weight excluding hydrogens is 1000 g/mol. The van der Waals surface area contributed by atoms with Gasteiger partial charge in [0.15, 0.2) is 23.0 Å². The molecule has 418 valence electrons. The van der Waals surface area contributed by atoms with Gasteiger partial charge in [0.2, 0.25) is 11.2 Å². The largest absolute Gasteiger partial charge is 0.493 e. The van der Waals surface area contributed by atoms with E-state index in [0.717, 1.165) is 64.6 Å². The number of amides is 3. The summed E-state index contributed by atoms with van der Waals surface area (Å²) in [4.78, 5) is 56.4. The summed E-state index contributed by atoms with van der Waals surface area (Å²) in [6, 6.07) is 8.84. The Hall–Kier alpha value is -6.80. The summed E-state index contributed by atoms with van der Waals surface area (Å²) in [5.41, 5.74) is 17.5. The number of carbonyl (C=O) groups is 3. The lowest BCUT2D eigenvalue weighted by atomic mass is 10.2. The molecule has 3 fully saturated rings. The van der Waals surface area contributed by atoms with Crippen molar-refractivity contribution in [3.8, 4) is 35.1 Å². The van der Waals surface area contributed by atoms with Gasteiger partial charge in [0.25, 0.3) is 17.7 Å². The molecule has 3 aliphatic heterocycles. The van der Waals surface area contributed by atoms with Crippen LogP contribution >= 0.6 is 11.6 Å². The van der Waals surface area contributed by atoms with Crippen molar-refractivity contribution in [2.24, 2.45) is 5.73 Å². The van der Waals surface area contributed by atoms with Crippen LogP contribution in [-0.2, 0) is 28.6 Å². The number of hydrogen-bond donors (Lipinski definition) is 5. The zero-order valence-corrected chi connectivity index (χ0v) is 43.9. The molecule has 7 rings (SSSR count). The molecule has 24 nitrogen and oxygen atoms in total. The van der Waals surface area contributed by atoms with Crippen molar-refractivity contribution in [2.45, 2.75) is 82.5 Å². The number of methoxy groups -OCH3 is 4. The van der Waals surface area contributed by atoms with Crippen LogP contribution in [0.1, 0.15) is 80.7 Å². The third-order valence-corrected chi connectivity index (χ3v) is 11.6. The molecule has 0 radical (unpaired) electrons. The van der Waals surface area contributed by atoms with Gasteiger partial charge in [-0.05, 0) is 88.7 Å². The second kappa shape index (κ2) is 34.7. The topological polar surface area (TPSA) is 327 Å². The van der Waals surface area contributed by atoms with E-state index in [1.165, 1.54) is 24.3 Å². The Balaban J connectivity index is 0.000000320. The number of ether oxygens (including phenoxy) is 7. The minimum absolute atomic E-state index is 0.00718. The van der Waals surface area contributed by atoms with Crippen LogP contribution in [-0.4, -0.2) is 186 Å². The first kappa shape index (κ1) is 46.5. The predicted molar refractivity (Wildman–Crippen MR) is 290 cm³/mol. The van der Waals surface area contributed by atoms with Gasteiger partial charge in [0.05, 0.1) is 74.2 Å². The van der Waals surface area contributed by atoms with Gasteiger partial charge in [-0.2, -0.15) is 15.5 Å². The van der Waals surface area contributed by atoms with Gasteiger partial charge in [0, 0.05) is 103 Å². The summed E-state index contributed by atoms with van der Waals surface area (Å²) in [6.45, 7) is 5.61. The molecule has 8 N–H and O–H groups in total. The molecule has 4 aromatic rings. The first-order chi connectivity index (χ1) is 41.2. The maximum Gasteiger partial charge on any atom is 0.251 e. The Labute approximate surface area is 467 Å². The second-order valence-corrected chi connectivity index (χ2v) is 17.3. The fourth-order valence-corrected chi connectivity index (χ4v) is 7.50. The SMILES string of the molecule is CN(CCC#N)C(=O)C1CCCO1.CN(CCCN)C(=O)C1CCCO1.CNCCC#N.[2H]C([2H])([2H])Oc1cc2nc(Cl)nc(N)c2cc1OC([2H])([2H])[2H].[2H]C([2H])([2H])Oc1cc2nc(NCCCN(C)C(=O)C3CCCO3)nc(N)c2cc1OC([2H])([2H])[2H]. The Morgan fingerprint density at radius 3 is 1.51 bits per heavy atom. The average molecular weight is 1090 g/mol. The Morgan fingerprint density at radius 1 is 0.671 bits per heavy atom. The number of halogens is 1. The summed E-state index contributed by atoms with van der Waals surface area (Å²) >= 11 is 5.68. The van der Waals surface area contributed by atoms with E-state index in [-0.39, 0.29) is 104 Å². The number of nitrogens with two attached hydrogens (primary N) is 3. The maximum atomic E-state index is 12.3. The van der Waals surface area contributed by atoms with Crippen LogP contribution in [0, 0.1) is 22.7 Å². The maximum absolute atomic E-state index is 12.3. The molecule has 25 heteroatoms. The average Bonchev–Trinajstić information content (AvgIpc) is 2.84. The number of nitriles is 2. The zero-order valence-electron chi connectivity index (χ0n) is 55.2. The zero-order chi connectivity index (χ0) is 66.0. The molecule has 3 atom stereocenters. The number of anilines is 3. The lowest BCUT2D eigenvalue weighted by Crippen LogP contribution is -2.37. The highest BCUT2D eigenvalue weighted by Gasteiger charge is 2.28. The molecule has 3 unspecified atom stereocenters. The summed E-state index contributed by atoms with van der Waals surface area (Å²) in [6.07, 6.45) is 6.90. The number of carbonyl (C=O) groups excluding carboxylic acids is 3. The van der Waals surface area contributed by atoms with Gasteiger partial charge in [-0.25, -0.2) is 15.0 Å². The number of nitrogens with zero attached hydrogens (tertiary/aromatic N) is 9. The summed E-state index contributed by atoms with van der Waals surface area (Å²) in [7, 11) is -4.22. The van der Waals surface area contributed by atoms with Crippen LogP contribution in [0.5, 0.6) is 23.0 Å². The van der Waals surface area contributed by atoms with Crippen LogP contribution in [0.3, 0.4) is 0 Å². The van der Waals surface area contributed by atoms with Gasteiger partial charge in [-0.3, -0.25) is 14.4 Å². The van der Waals surface area contributed by atoms with Gasteiger partial charge < -0.3 is 75.7 Å². The smallest absolute Gasteiger partial charge is 0.251 e. The number of nitrogens with one attached hydrogen (secondary N) is 2. The van der Waals surface area contributed by atoms with Gasteiger partial charge in [-0.15, -0.1) is 0 Å². The van der Waals surface area contributed by atoms with E-state index in [4.69, 9.17) is 88.9 Å². The van der Waals surface area contributed by atoms with E-state index in [1.807, 2.05) is 19.2 Å². The fourth-order valence-electron chi connectivity index (χ4n) is 7.32. The van der Waals surface area contributed by atoms with Gasteiger partial charge in [-0.1, -0.05) is 0 Å². The van der Waals surface area contributed by atoms with Crippen molar-refractivity contribution in [3.63, 3.8) is 0 Å². The third-order valence-electron chi connectivity index (χ3n) is 11.4. The Bertz CT molecular complexity index is 2960. The minimum Gasteiger partial charge on any atom is -0.493 e. The van der Waals surface area contributed by atoms with E-state index in [9.17, 15) is 14.4 Å². The van der Waals surface area contributed by atoms with Crippen LogP contribution in [0.15, 0.2) is 24.3 Å². The van der Waals surface area contributed by atoms with Crippen molar-refractivity contribution >= 4 is 68.7 Å². The first-order valence-corrected chi connectivity index (χ1v) is 24.6. The van der Waals surface area contributed by atoms with Crippen molar-refractivity contribution in [1.29, 1.82) is 10.5 Å². The van der Waals surface area contributed by atoms with Crippen molar-refractivity contribution in [3.05, 3.63) is 29.5 Å². The van der Waals surface area contributed by atoms with Crippen molar-refractivity contribution < 1.29 is 64.0 Å². The third kappa shape index (κ3) is 20.4. The Morgan fingerprint density at radius 2 is 1.11 bits per heavy atom. The van der Waals surface area contributed by atoms with E-state index in [0.29, 0.717) is 58.7 Å². The quantitative estimate of drug-likeness (QED) is 0.0649. The summed E-state index contributed by atoms with van der Waals surface area (Å²) < 4.78 is 122. The molecular formula is C51H77ClN14O10. The number of likely N-dealkylation sites (N-methyl/N-ethyl adjacent to an activating group) is 3. The molecule has 2 aromatic carbocycles. The number of hydrogen-bond acceptors (Lipinski definition) is 21. The van der Waals surface area contributed by atoms with E-state index in [1.54, 1.807) is 35.8 Å². The van der Waals surface area contributed by atoms with Gasteiger partial charge in [0.1, 0.15) is 29.9 Å². The molecule has 0 spiro atoms. The van der Waals surface area contributed by atoms with Crippen LogP contribution in [0.25, 0.3) is 21.8 Å². The van der Waals surface area contributed by atoms with E-state index < -0.39 is 28.2 Å². The fraction of sp³-hybridized carbons (Fsp3) is 0.588. The summed E-state index contributed by atoms with van der Waals surface area (Å²) in [5, 5.41) is 22.5. The number of fused-ring (bicyclic) bond motifs is 2. The highest BCUT2D eigenvalue weighted by Crippen LogP contribution is 2.35. The summed E-state index contributed by atoms with van der Waals surface area (Å²) in [5.74, 6) is -0.999.